The van der Waals surface area contributed by atoms with E-state index in [1.54, 1.807) is 11.8 Å². The zero-order valence-electron chi connectivity index (χ0n) is 8.50. The van der Waals surface area contributed by atoms with Crippen LogP contribution in [0, 0.1) is 0 Å². The molecule has 0 spiro atoms. The van der Waals surface area contributed by atoms with E-state index in [9.17, 15) is 0 Å². The second-order valence-corrected chi connectivity index (χ2v) is 5.23. The summed E-state index contributed by atoms with van der Waals surface area (Å²) in [4.78, 5) is 0. The molecule has 0 aromatic carbocycles. The van der Waals surface area contributed by atoms with Crippen LogP contribution >= 0.6 is 23.4 Å². The van der Waals surface area contributed by atoms with E-state index in [0.717, 1.165) is 6.54 Å². The van der Waals surface area contributed by atoms with Crippen molar-refractivity contribution in [1.82, 2.24) is 10.2 Å². The normalized spacial score (nSPS) is 11.7. The fourth-order valence-electron chi connectivity index (χ4n) is 0.740. The van der Waals surface area contributed by atoms with Gasteiger partial charge in [0.05, 0.1) is 0 Å². The van der Waals surface area contributed by atoms with Gasteiger partial charge in [0.2, 0.25) is 5.89 Å². The van der Waals surface area contributed by atoms with Crippen molar-refractivity contribution >= 4 is 29.4 Å². The maximum absolute atomic E-state index is 5.53. The number of hydrogen-bond donors (Lipinski definition) is 1. The molecule has 80 valence electrons. The number of aromatic nitrogens is 2. The molecule has 1 rings (SSSR count). The molecule has 0 amide bonds. The van der Waals surface area contributed by atoms with Crippen molar-refractivity contribution in [2.45, 2.75) is 24.5 Å². The molecule has 1 N–H and O–H groups in total. The zero-order chi connectivity index (χ0) is 10.6. The van der Waals surface area contributed by atoms with E-state index in [-0.39, 0.29) is 10.6 Å². The van der Waals surface area contributed by atoms with Gasteiger partial charge in [-0.15, -0.1) is 16.7 Å². The highest BCUT2D eigenvalue weighted by Gasteiger charge is 2.16. The molecule has 0 aliphatic carbocycles. The fourth-order valence-corrected chi connectivity index (χ4v) is 1.06. The van der Waals surface area contributed by atoms with Crippen LogP contribution in [-0.2, 0) is 5.88 Å². The molecule has 14 heavy (non-hydrogen) atoms. The lowest BCUT2D eigenvalue weighted by Crippen LogP contribution is -2.25. The van der Waals surface area contributed by atoms with E-state index in [2.05, 4.69) is 35.6 Å². The first-order chi connectivity index (χ1) is 6.57. The summed E-state index contributed by atoms with van der Waals surface area (Å²) in [6.45, 7) is 5.06. The average molecular weight is 236 g/mol. The van der Waals surface area contributed by atoms with E-state index in [0.29, 0.717) is 11.9 Å². The maximum Gasteiger partial charge on any atom is 0.315 e. The standard InChI is InChI=1S/C8H14ClN3OS/c1-8(2,14-3)5-10-7-12-11-6(4-9)13-7/h4-5H2,1-3H3,(H,10,12). The molecule has 6 heteroatoms. The van der Waals surface area contributed by atoms with Gasteiger partial charge < -0.3 is 9.73 Å². The van der Waals surface area contributed by atoms with Gasteiger partial charge >= 0.3 is 6.01 Å². The van der Waals surface area contributed by atoms with Crippen LogP contribution in [0.15, 0.2) is 4.42 Å². The van der Waals surface area contributed by atoms with E-state index in [1.165, 1.54) is 0 Å². The molecule has 1 aromatic heterocycles. The van der Waals surface area contributed by atoms with Gasteiger partial charge in [-0.2, -0.15) is 11.8 Å². The molecule has 0 saturated heterocycles. The van der Waals surface area contributed by atoms with Crippen LogP contribution in [0.2, 0.25) is 0 Å². The third kappa shape index (κ3) is 3.38. The number of halogens is 1. The monoisotopic (exact) mass is 235 g/mol. The molecule has 0 aliphatic heterocycles. The maximum atomic E-state index is 5.53. The number of nitrogens with one attached hydrogen (secondary N) is 1. The van der Waals surface area contributed by atoms with E-state index in [4.69, 9.17) is 16.0 Å². The van der Waals surface area contributed by atoms with Crippen LogP contribution < -0.4 is 5.32 Å². The zero-order valence-corrected chi connectivity index (χ0v) is 10.1. The van der Waals surface area contributed by atoms with Crippen molar-refractivity contribution in [2.24, 2.45) is 0 Å². The Morgan fingerprint density at radius 1 is 1.50 bits per heavy atom. The Morgan fingerprint density at radius 2 is 2.21 bits per heavy atom. The molecule has 0 atom stereocenters. The lowest BCUT2D eigenvalue weighted by Gasteiger charge is -2.21. The Balaban J connectivity index is 2.45. The van der Waals surface area contributed by atoms with Gasteiger partial charge in [0.25, 0.3) is 0 Å². The quantitative estimate of drug-likeness (QED) is 0.795. The smallest absolute Gasteiger partial charge is 0.315 e. The predicted octanol–water partition coefficient (Wildman–Crippen LogP) is 2.36. The first-order valence-electron chi connectivity index (χ1n) is 4.25. The molecule has 1 aromatic rings. The second-order valence-electron chi connectivity index (χ2n) is 3.45. The molecule has 0 saturated carbocycles. The van der Waals surface area contributed by atoms with Gasteiger partial charge in [-0.25, -0.2) is 0 Å². The van der Waals surface area contributed by atoms with E-state index in [1.807, 2.05) is 0 Å². The van der Waals surface area contributed by atoms with Gasteiger partial charge in [0, 0.05) is 11.3 Å². The molecule has 0 aliphatic rings. The summed E-state index contributed by atoms with van der Waals surface area (Å²) < 4.78 is 5.35. The molecule has 0 fully saturated rings. The Kier molecular flexibility index (Phi) is 4.07. The van der Waals surface area contributed by atoms with Gasteiger partial charge in [-0.05, 0) is 20.1 Å². The summed E-state index contributed by atoms with van der Waals surface area (Å²) in [6.07, 6.45) is 2.07. The van der Waals surface area contributed by atoms with Crippen LogP contribution in [0.25, 0.3) is 0 Å². The number of alkyl halides is 1. The number of thioether (sulfide) groups is 1. The Labute approximate surface area is 92.8 Å². The SMILES string of the molecule is CSC(C)(C)CNc1nnc(CCl)o1. The highest BCUT2D eigenvalue weighted by molar-refractivity contribution is 7.99. The van der Waals surface area contributed by atoms with Crippen molar-refractivity contribution in [3.05, 3.63) is 5.89 Å². The highest BCUT2D eigenvalue weighted by atomic mass is 35.5. The Morgan fingerprint density at radius 3 is 2.71 bits per heavy atom. The van der Waals surface area contributed by atoms with Crippen molar-refractivity contribution in [3.63, 3.8) is 0 Å². The minimum atomic E-state index is 0.148. The van der Waals surface area contributed by atoms with Crippen LogP contribution in [0.3, 0.4) is 0 Å². The highest BCUT2D eigenvalue weighted by Crippen LogP contribution is 2.21. The summed E-state index contributed by atoms with van der Waals surface area (Å²) in [5.41, 5.74) is 0. The van der Waals surface area contributed by atoms with Crippen molar-refractivity contribution in [3.8, 4) is 0 Å². The number of rotatable bonds is 5. The second kappa shape index (κ2) is 4.89. The summed E-state index contributed by atoms with van der Waals surface area (Å²) in [5, 5.41) is 10.6. The molecule has 0 unspecified atom stereocenters. The summed E-state index contributed by atoms with van der Waals surface area (Å²) in [5.74, 6) is 0.691. The van der Waals surface area contributed by atoms with Crippen LogP contribution in [0.1, 0.15) is 19.7 Å². The van der Waals surface area contributed by atoms with Crippen molar-refractivity contribution in [1.29, 1.82) is 0 Å². The summed E-state index contributed by atoms with van der Waals surface area (Å²) in [7, 11) is 0. The molecular formula is C8H14ClN3OS. The largest absolute Gasteiger partial charge is 0.407 e. The lowest BCUT2D eigenvalue weighted by atomic mass is 10.2. The van der Waals surface area contributed by atoms with Gasteiger partial charge in [0.15, 0.2) is 0 Å². The van der Waals surface area contributed by atoms with Crippen LogP contribution in [0.4, 0.5) is 6.01 Å². The third-order valence-corrected chi connectivity index (χ3v) is 3.28. The minimum Gasteiger partial charge on any atom is -0.407 e. The van der Waals surface area contributed by atoms with Crippen LogP contribution in [-0.4, -0.2) is 27.7 Å². The van der Waals surface area contributed by atoms with Crippen molar-refractivity contribution in [2.75, 3.05) is 18.1 Å². The Hall–Kier alpha value is -0.420. The van der Waals surface area contributed by atoms with Crippen molar-refractivity contribution < 1.29 is 4.42 Å². The Bertz CT molecular complexity index is 290. The van der Waals surface area contributed by atoms with Gasteiger partial charge in [0.1, 0.15) is 5.88 Å². The topological polar surface area (TPSA) is 51.0 Å². The first-order valence-corrected chi connectivity index (χ1v) is 6.01. The van der Waals surface area contributed by atoms with Gasteiger partial charge in [-0.3, -0.25) is 0 Å². The number of nitrogens with zero attached hydrogens (tertiary/aromatic N) is 2. The molecule has 4 nitrogen and oxygen atoms in total. The first kappa shape index (κ1) is 11.7. The minimum absolute atomic E-state index is 0.148. The van der Waals surface area contributed by atoms with E-state index >= 15 is 0 Å². The molecule has 0 bridgehead atoms. The summed E-state index contributed by atoms with van der Waals surface area (Å²) >= 11 is 7.31. The fraction of sp³-hybridized carbons (Fsp3) is 0.750. The molecular weight excluding hydrogens is 222 g/mol. The predicted molar refractivity (Wildman–Crippen MR) is 59.9 cm³/mol. The van der Waals surface area contributed by atoms with Crippen LogP contribution in [0.5, 0.6) is 0 Å². The number of hydrogen-bond acceptors (Lipinski definition) is 5. The van der Waals surface area contributed by atoms with Gasteiger partial charge in [-0.1, -0.05) is 5.10 Å². The molecule has 0 radical (unpaired) electrons. The average Bonchev–Trinajstić information content (AvgIpc) is 2.63. The van der Waals surface area contributed by atoms with E-state index < -0.39 is 0 Å². The lowest BCUT2D eigenvalue weighted by molar-refractivity contribution is 0.522. The summed E-state index contributed by atoms with van der Waals surface area (Å²) in [6, 6.07) is 0.433. The third-order valence-electron chi connectivity index (χ3n) is 1.80. The molecule has 1 heterocycles. The number of anilines is 1.